The highest BCUT2D eigenvalue weighted by Gasteiger charge is 2.42. The Morgan fingerprint density at radius 3 is 2.57 bits per heavy atom. The van der Waals surface area contributed by atoms with Gasteiger partial charge >= 0.3 is 12.2 Å². The summed E-state index contributed by atoms with van der Waals surface area (Å²) in [6, 6.07) is -0.960. The summed E-state index contributed by atoms with van der Waals surface area (Å²) in [5.74, 6) is -1.01. The number of halogens is 3. The maximum atomic E-state index is 12.7. The highest BCUT2D eigenvalue weighted by molar-refractivity contribution is 5.74. The number of aliphatic hydroxyl groups is 1. The van der Waals surface area contributed by atoms with Crippen molar-refractivity contribution in [2.75, 3.05) is 6.54 Å². The van der Waals surface area contributed by atoms with Crippen molar-refractivity contribution in [2.45, 2.75) is 64.3 Å². The van der Waals surface area contributed by atoms with Crippen molar-refractivity contribution in [3.8, 4) is 0 Å². The highest BCUT2D eigenvalue weighted by atomic mass is 19.4. The van der Waals surface area contributed by atoms with Crippen LogP contribution in [0.3, 0.4) is 0 Å². The zero-order valence-electron chi connectivity index (χ0n) is 12.5. The van der Waals surface area contributed by atoms with Gasteiger partial charge in [-0.3, -0.25) is 0 Å². The molecule has 0 spiro atoms. The van der Waals surface area contributed by atoms with E-state index < -0.39 is 30.3 Å². The molecule has 0 aromatic heterocycles. The summed E-state index contributed by atoms with van der Waals surface area (Å²) < 4.78 is 38.0. The van der Waals surface area contributed by atoms with Crippen LogP contribution in [0.1, 0.15) is 46.0 Å². The summed E-state index contributed by atoms with van der Waals surface area (Å²) in [6.45, 7) is 4.03. The van der Waals surface area contributed by atoms with E-state index in [4.69, 9.17) is 0 Å². The van der Waals surface area contributed by atoms with Crippen LogP contribution >= 0.6 is 0 Å². The molecule has 124 valence electrons. The number of alkyl halides is 3. The smallest absolute Gasteiger partial charge is 0.391 e. The Kier molecular flexibility index (Phi) is 6.77. The predicted octanol–water partition coefficient (Wildman–Crippen LogP) is 2.81. The Hall–Kier alpha value is -0.980. The third-order valence-electron chi connectivity index (χ3n) is 3.71. The molecule has 3 N–H and O–H groups in total. The van der Waals surface area contributed by atoms with Gasteiger partial charge in [-0.2, -0.15) is 13.2 Å². The first kappa shape index (κ1) is 18.1. The van der Waals surface area contributed by atoms with E-state index in [-0.39, 0.29) is 19.4 Å². The molecule has 0 bridgehead atoms. The normalized spacial score (nSPS) is 24.7. The van der Waals surface area contributed by atoms with E-state index in [0.717, 1.165) is 0 Å². The summed E-state index contributed by atoms with van der Waals surface area (Å²) in [7, 11) is 0. The lowest BCUT2D eigenvalue weighted by atomic mass is 9.85. The molecule has 21 heavy (non-hydrogen) atoms. The number of hydrogen-bond acceptors (Lipinski definition) is 2. The molecule has 0 saturated heterocycles. The van der Waals surface area contributed by atoms with Crippen molar-refractivity contribution in [3.05, 3.63) is 0 Å². The molecule has 0 aliphatic heterocycles. The van der Waals surface area contributed by atoms with Crippen LogP contribution in [0.15, 0.2) is 0 Å². The Morgan fingerprint density at radius 1 is 1.33 bits per heavy atom. The van der Waals surface area contributed by atoms with Gasteiger partial charge < -0.3 is 15.7 Å². The van der Waals surface area contributed by atoms with Crippen LogP contribution in [-0.4, -0.2) is 36.0 Å². The minimum Gasteiger partial charge on any atom is -0.391 e. The summed E-state index contributed by atoms with van der Waals surface area (Å²) >= 11 is 0. The van der Waals surface area contributed by atoms with Gasteiger partial charge in [0.15, 0.2) is 0 Å². The highest BCUT2D eigenvalue weighted by Crippen LogP contribution is 2.37. The standard InChI is InChI=1S/C14H25F3N2O2/c1-9(2)6-12(20)8-18-13(21)19-11-5-3-4-10(7-11)14(15,16)17/h9-12,20H,3-8H2,1-2H3,(H2,18,19,21). The van der Waals surface area contributed by atoms with Crippen LogP contribution in [0.5, 0.6) is 0 Å². The van der Waals surface area contributed by atoms with E-state index >= 15 is 0 Å². The van der Waals surface area contributed by atoms with Crippen LogP contribution < -0.4 is 10.6 Å². The summed E-state index contributed by atoms with van der Waals surface area (Å²) in [4.78, 5) is 11.6. The molecule has 7 heteroatoms. The number of carbonyl (C=O) groups excluding carboxylic acids is 1. The molecule has 3 unspecified atom stereocenters. The van der Waals surface area contributed by atoms with E-state index in [1.807, 2.05) is 13.8 Å². The number of nitrogens with one attached hydrogen (secondary N) is 2. The third kappa shape index (κ3) is 7.02. The fraction of sp³-hybridized carbons (Fsp3) is 0.929. The largest absolute Gasteiger partial charge is 0.391 e. The number of aliphatic hydroxyl groups excluding tert-OH is 1. The molecule has 0 aromatic carbocycles. The molecule has 3 atom stereocenters. The molecule has 1 aliphatic carbocycles. The maximum Gasteiger partial charge on any atom is 0.391 e. The minimum atomic E-state index is -4.19. The van der Waals surface area contributed by atoms with Crippen molar-refractivity contribution >= 4 is 6.03 Å². The lowest BCUT2D eigenvalue weighted by Gasteiger charge is -2.31. The van der Waals surface area contributed by atoms with Crippen LogP contribution in [0.25, 0.3) is 0 Å². The molecule has 0 heterocycles. The van der Waals surface area contributed by atoms with Crippen LogP contribution in [0, 0.1) is 11.8 Å². The van der Waals surface area contributed by atoms with E-state index in [1.165, 1.54) is 0 Å². The van der Waals surface area contributed by atoms with Gasteiger partial charge in [-0.1, -0.05) is 20.3 Å². The van der Waals surface area contributed by atoms with Crippen LogP contribution in [-0.2, 0) is 0 Å². The van der Waals surface area contributed by atoms with Gasteiger partial charge in [-0.15, -0.1) is 0 Å². The van der Waals surface area contributed by atoms with Crippen LogP contribution in [0.4, 0.5) is 18.0 Å². The van der Waals surface area contributed by atoms with Crippen molar-refractivity contribution < 1.29 is 23.1 Å². The third-order valence-corrected chi connectivity index (χ3v) is 3.71. The van der Waals surface area contributed by atoms with Crippen molar-refractivity contribution in [1.29, 1.82) is 0 Å². The van der Waals surface area contributed by atoms with E-state index in [2.05, 4.69) is 10.6 Å². The summed E-state index contributed by atoms with van der Waals surface area (Å²) in [5.41, 5.74) is 0. The molecule has 1 rings (SSSR count). The molecule has 2 amide bonds. The lowest BCUT2D eigenvalue weighted by Crippen LogP contribution is -2.47. The minimum absolute atomic E-state index is 0.0640. The predicted molar refractivity (Wildman–Crippen MR) is 73.8 cm³/mol. The van der Waals surface area contributed by atoms with Gasteiger partial charge in [0.1, 0.15) is 0 Å². The molecular formula is C14H25F3N2O2. The fourth-order valence-electron chi connectivity index (χ4n) is 2.69. The van der Waals surface area contributed by atoms with E-state index in [1.54, 1.807) is 0 Å². The summed E-state index contributed by atoms with van der Waals surface area (Å²) in [5, 5.41) is 14.7. The Morgan fingerprint density at radius 2 is 2.00 bits per heavy atom. The zero-order chi connectivity index (χ0) is 16.0. The lowest BCUT2D eigenvalue weighted by molar-refractivity contribution is -0.183. The maximum absolute atomic E-state index is 12.7. The second kappa shape index (κ2) is 7.87. The first-order chi connectivity index (χ1) is 9.68. The van der Waals surface area contributed by atoms with Gasteiger partial charge in [0.25, 0.3) is 0 Å². The molecule has 0 aromatic rings. The van der Waals surface area contributed by atoms with E-state index in [0.29, 0.717) is 25.2 Å². The number of amides is 2. The van der Waals surface area contributed by atoms with Crippen molar-refractivity contribution in [1.82, 2.24) is 10.6 Å². The number of hydrogen-bond donors (Lipinski definition) is 3. The molecule has 1 fully saturated rings. The molecular weight excluding hydrogens is 285 g/mol. The second-order valence-corrected chi connectivity index (χ2v) is 6.24. The SMILES string of the molecule is CC(C)CC(O)CNC(=O)NC1CCCC(C(F)(F)F)C1. The van der Waals surface area contributed by atoms with Gasteiger partial charge in [-0.05, 0) is 31.6 Å². The quantitative estimate of drug-likeness (QED) is 0.731. The fourth-order valence-corrected chi connectivity index (χ4v) is 2.69. The van der Waals surface area contributed by atoms with Crippen LogP contribution in [0.2, 0.25) is 0 Å². The Bertz CT molecular complexity index is 335. The first-order valence-corrected chi connectivity index (χ1v) is 7.47. The van der Waals surface area contributed by atoms with Crippen molar-refractivity contribution in [3.63, 3.8) is 0 Å². The van der Waals surface area contributed by atoms with Crippen molar-refractivity contribution in [2.24, 2.45) is 11.8 Å². The van der Waals surface area contributed by atoms with Gasteiger partial charge in [0.05, 0.1) is 12.0 Å². The second-order valence-electron chi connectivity index (χ2n) is 6.24. The van der Waals surface area contributed by atoms with Gasteiger partial charge in [0, 0.05) is 12.6 Å². The monoisotopic (exact) mass is 310 g/mol. The van der Waals surface area contributed by atoms with E-state index in [9.17, 15) is 23.1 Å². The first-order valence-electron chi connectivity index (χ1n) is 7.47. The number of rotatable bonds is 5. The number of carbonyl (C=O) groups is 1. The Balaban J connectivity index is 2.31. The average molecular weight is 310 g/mol. The summed E-state index contributed by atoms with van der Waals surface area (Å²) in [6.07, 6.45) is -3.16. The van der Waals surface area contributed by atoms with Gasteiger partial charge in [-0.25, -0.2) is 4.79 Å². The zero-order valence-corrected chi connectivity index (χ0v) is 12.5. The molecule has 0 radical (unpaired) electrons. The van der Waals surface area contributed by atoms with Gasteiger partial charge in [0.2, 0.25) is 0 Å². The molecule has 1 aliphatic rings. The molecule has 1 saturated carbocycles. The Labute approximate surface area is 123 Å². The topological polar surface area (TPSA) is 61.4 Å². The average Bonchev–Trinajstić information content (AvgIpc) is 2.35. The number of urea groups is 1. The molecule has 4 nitrogen and oxygen atoms in total.